The van der Waals surface area contributed by atoms with E-state index in [0.29, 0.717) is 25.4 Å². The first-order valence-electron chi connectivity index (χ1n) is 8.78. The van der Waals surface area contributed by atoms with Crippen LogP contribution >= 0.6 is 0 Å². The number of aromatic nitrogens is 1. The van der Waals surface area contributed by atoms with E-state index < -0.39 is 0 Å². The van der Waals surface area contributed by atoms with Crippen molar-refractivity contribution in [3.8, 4) is 0 Å². The number of morpholine rings is 1. The highest BCUT2D eigenvalue weighted by atomic mass is 16.5. The van der Waals surface area contributed by atoms with Crippen molar-refractivity contribution in [3.05, 3.63) is 66.5 Å². The van der Waals surface area contributed by atoms with E-state index in [1.54, 1.807) is 24.3 Å². The summed E-state index contributed by atoms with van der Waals surface area (Å²) in [6.45, 7) is 6.74. The number of carbonyl (C=O) groups is 2. The maximum absolute atomic E-state index is 12.7. The molecule has 0 bridgehead atoms. The van der Waals surface area contributed by atoms with E-state index in [2.05, 4.69) is 27.1 Å². The second-order valence-corrected chi connectivity index (χ2v) is 5.98. The molecule has 1 aromatic carbocycles. The van der Waals surface area contributed by atoms with Gasteiger partial charge in [-0.1, -0.05) is 24.3 Å². The lowest BCUT2D eigenvalue weighted by Gasteiger charge is -2.30. The number of hydrogen-bond acceptors (Lipinski definition) is 5. The first-order chi connectivity index (χ1) is 13.2. The third-order valence-corrected chi connectivity index (χ3v) is 4.13. The van der Waals surface area contributed by atoms with E-state index in [0.717, 1.165) is 18.8 Å². The molecule has 0 atom stereocenters. The minimum absolute atomic E-state index is 0.179. The Morgan fingerprint density at radius 3 is 2.52 bits per heavy atom. The standard InChI is InChI=1S/C20H22N4O3/c1-2-10-21-19(25)16-7-5-8-17(22-16)20(26)23-15-6-3-4-9-18(15)24-11-13-27-14-12-24/h2-9H,1,10-14H2,(H,21,25)(H,23,26). The molecule has 0 spiro atoms. The minimum atomic E-state index is -0.367. The maximum atomic E-state index is 12.7. The molecule has 7 heteroatoms. The van der Waals surface area contributed by atoms with E-state index in [1.165, 1.54) is 0 Å². The number of benzene rings is 1. The minimum Gasteiger partial charge on any atom is -0.378 e. The fourth-order valence-corrected chi connectivity index (χ4v) is 2.79. The molecule has 1 aliphatic rings. The molecule has 2 N–H and O–H groups in total. The zero-order valence-electron chi connectivity index (χ0n) is 15.0. The molecule has 140 valence electrons. The number of nitrogens with one attached hydrogen (secondary N) is 2. The Morgan fingerprint density at radius 2 is 1.78 bits per heavy atom. The summed E-state index contributed by atoms with van der Waals surface area (Å²) in [6.07, 6.45) is 1.58. The Hall–Kier alpha value is -3.19. The Labute approximate surface area is 158 Å². The van der Waals surface area contributed by atoms with Gasteiger partial charge in [0.2, 0.25) is 0 Å². The van der Waals surface area contributed by atoms with Gasteiger partial charge in [0.15, 0.2) is 0 Å². The molecule has 27 heavy (non-hydrogen) atoms. The number of pyridine rings is 1. The number of rotatable bonds is 6. The number of ether oxygens (including phenoxy) is 1. The Morgan fingerprint density at radius 1 is 1.07 bits per heavy atom. The van der Waals surface area contributed by atoms with Crippen LogP contribution in [-0.2, 0) is 4.74 Å². The summed E-state index contributed by atoms with van der Waals surface area (Å²) in [5, 5.41) is 5.55. The smallest absolute Gasteiger partial charge is 0.274 e. The zero-order chi connectivity index (χ0) is 19.1. The summed E-state index contributed by atoms with van der Waals surface area (Å²) >= 11 is 0. The second kappa shape index (κ2) is 8.95. The molecule has 0 radical (unpaired) electrons. The van der Waals surface area contributed by atoms with Crippen molar-refractivity contribution in [2.24, 2.45) is 0 Å². The average Bonchev–Trinajstić information content (AvgIpc) is 2.73. The van der Waals surface area contributed by atoms with Crippen molar-refractivity contribution in [2.45, 2.75) is 0 Å². The molecular weight excluding hydrogens is 344 g/mol. The van der Waals surface area contributed by atoms with Crippen LogP contribution in [0.1, 0.15) is 21.0 Å². The number of amides is 2. The predicted molar refractivity (Wildman–Crippen MR) is 104 cm³/mol. The Balaban J connectivity index is 1.76. The summed E-state index contributed by atoms with van der Waals surface area (Å²) in [5.74, 6) is -0.715. The Kier molecular flexibility index (Phi) is 6.17. The van der Waals surface area contributed by atoms with E-state index in [-0.39, 0.29) is 23.2 Å². The number of hydrogen-bond donors (Lipinski definition) is 2. The molecule has 0 saturated carbocycles. The van der Waals surface area contributed by atoms with Crippen molar-refractivity contribution < 1.29 is 14.3 Å². The summed E-state index contributed by atoms with van der Waals surface area (Å²) in [7, 11) is 0. The van der Waals surface area contributed by atoms with Crippen molar-refractivity contribution in [1.29, 1.82) is 0 Å². The van der Waals surface area contributed by atoms with Gasteiger partial charge in [-0.05, 0) is 24.3 Å². The molecule has 0 aliphatic carbocycles. The predicted octanol–water partition coefficient (Wildman–Crippen LogP) is 2.09. The van der Waals surface area contributed by atoms with Crippen LogP contribution in [-0.4, -0.2) is 49.6 Å². The zero-order valence-corrected chi connectivity index (χ0v) is 15.0. The van der Waals surface area contributed by atoms with Crippen LogP contribution in [0, 0.1) is 0 Å². The van der Waals surface area contributed by atoms with Gasteiger partial charge in [0.05, 0.1) is 24.6 Å². The third-order valence-electron chi connectivity index (χ3n) is 4.13. The highest BCUT2D eigenvalue weighted by molar-refractivity contribution is 6.05. The monoisotopic (exact) mass is 366 g/mol. The topological polar surface area (TPSA) is 83.6 Å². The number of nitrogens with zero attached hydrogens (tertiary/aromatic N) is 2. The lowest BCUT2D eigenvalue weighted by molar-refractivity contribution is 0.0953. The molecule has 1 fully saturated rings. The molecule has 3 rings (SSSR count). The maximum Gasteiger partial charge on any atom is 0.274 e. The lowest BCUT2D eigenvalue weighted by Crippen LogP contribution is -2.36. The Bertz CT molecular complexity index is 831. The van der Waals surface area contributed by atoms with Gasteiger partial charge in [0, 0.05) is 19.6 Å². The second-order valence-electron chi connectivity index (χ2n) is 5.98. The largest absolute Gasteiger partial charge is 0.378 e. The number of carbonyl (C=O) groups excluding carboxylic acids is 2. The summed E-state index contributed by atoms with van der Waals surface area (Å²) in [4.78, 5) is 31.0. The first-order valence-corrected chi connectivity index (χ1v) is 8.78. The van der Waals surface area contributed by atoms with E-state index in [4.69, 9.17) is 4.74 Å². The highest BCUT2D eigenvalue weighted by Gasteiger charge is 2.17. The van der Waals surface area contributed by atoms with Crippen molar-refractivity contribution >= 4 is 23.2 Å². The van der Waals surface area contributed by atoms with Gasteiger partial charge >= 0.3 is 0 Å². The molecule has 0 unspecified atom stereocenters. The van der Waals surface area contributed by atoms with Crippen LogP contribution in [0.15, 0.2) is 55.1 Å². The lowest BCUT2D eigenvalue weighted by atomic mass is 10.2. The fourth-order valence-electron chi connectivity index (χ4n) is 2.79. The van der Waals surface area contributed by atoms with Gasteiger partial charge < -0.3 is 20.3 Å². The van der Waals surface area contributed by atoms with Crippen LogP contribution < -0.4 is 15.5 Å². The average molecular weight is 366 g/mol. The normalized spacial score (nSPS) is 13.7. The van der Waals surface area contributed by atoms with E-state index in [9.17, 15) is 9.59 Å². The van der Waals surface area contributed by atoms with Gasteiger partial charge in [-0.15, -0.1) is 6.58 Å². The van der Waals surface area contributed by atoms with Gasteiger partial charge in [0.25, 0.3) is 11.8 Å². The van der Waals surface area contributed by atoms with E-state index >= 15 is 0 Å². The molecule has 2 heterocycles. The fraction of sp³-hybridized carbons (Fsp3) is 0.250. The van der Waals surface area contributed by atoms with Crippen LogP contribution in [0.4, 0.5) is 11.4 Å². The molecule has 7 nitrogen and oxygen atoms in total. The summed E-state index contributed by atoms with van der Waals surface area (Å²) in [5.41, 5.74) is 2.01. The molecular formula is C20H22N4O3. The van der Waals surface area contributed by atoms with Crippen molar-refractivity contribution in [2.75, 3.05) is 43.1 Å². The van der Waals surface area contributed by atoms with Crippen LogP contribution in [0.3, 0.4) is 0 Å². The van der Waals surface area contributed by atoms with Gasteiger partial charge in [-0.25, -0.2) is 4.98 Å². The van der Waals surface area contributed by atoms with Gasteiger partial charge in [-0.3, -0.25) is 9.59 Å². The molecule has 2 aromatic rings. The summed E-state index contributed by atoms with van der Waals surface area (Å²) in [6, 6.07) is 12.4. The molecule has 2 amide bonds. The molecule has 1 saturated heterocycles. The van der Waals surface area contributed by atoms with Crippen LogP contribution in [0.25, 0.3) is 0 Å². The summed E-state index contributed by atoms with van der Waals surface area (Å²) < 4.78 is 5.39. The van der Waals surface area contributed by atoms with Gasteiger partial charge in [-0.2, -0.15) is 0 Å². The number of anilines is 2. The quantitative estimate of drug-likeness (QED) is 0.765. The SMILES string of the molecule is C=CCNC(=O)c1cccc(C(=O)Nc2ccccc2N2CCOCC2)n1. The van der Waals surface area contributed by atoms with Crippen LogP contribution in [0.5, 0.6) is 0 Å². The first kappa shape index (κ1) is 18.6. The highest BCUT2D eigenvalue weighted by Crippen LogP contribution is 2.26. The van der Waals surface area contributed by atoms with Crippen LogP contribution in [0.2, 0.25) is 0 Å². The molecule has 1 aliphatic heterocycles. The van der Waals surface area contributed by atoms with Crippen molar-refractivity contribution in [1.82, 2.24) is 10.3 Å². The van der Waals surface area contributed by atoms with Gasteiger partial charge in [0.1, 0.15) is 11.4 Å². The third kappa shape index (κ3) is 4.71. The number of para-hydroxylation sites is 2. The van der Waals surface area contributed by atoms with E-state index in [1.807, 2.05) is 24.3 Å². The van der Waals surface area contributed by atoms with Crippen molar-refractivity contribution in [3.63, 3.8) is 0 Å². The molecule has 1 aromatic heterocycles.